The fraction of sp³-hybridized carbons (Fsp3) is 0.526. The summed E-state index contributed by atoms with van der Waals surface area (Å²) < 4.78 is 23.9. The van der Waals surface area contributed by atoms with Gasteiger partial charge in [-0.05, 0) is 57.7 Å². The van der Waals surface area contributed by atoms with Crippen molar-refractivity contribution in [3.63, 3.8) is 0 Å². The number of allylic oxidation sites excluding steroid dienone is 4. The van der Waals surface area contributed by atoms with E-state index in [9.17, 15) is 14.5 Å². The van der Waals surface area contributed by atoms with E-state index in [1.54, 1.807) is 0 Å². The fourth-order valence-electron chi connectivity index (χ4n) is 6.88. The van der Waals surface area contributed by atoms with Gasteiger partial charge in [-0.15, -0.1) is 9.05 Å². The van der Waals surface area contributed by atoms with Crippen LogP contribution >= 0.6 is 8.25 Å². The maximum absolute atomic E-state index is 12.5. The molecule has 0 aromatic heterocycles. The quantitative estimate of drug-likeness (QED) is 0.0864. The molecule has 0 radical (unpaired) electrons. The number of carbonyl (C=O) groups is 1. The van der Waals surface area contributed by atoms with Gasteiger partial charge >= 0.3 is 8.25 Å². The Kier molecular flexibility index (Phi) is 13.7. The number of aliphatic hydroxyl groups excluding tert-OH is 2. The van der Waals surface area contributed by atoms with E-state index in [-0.39, 0.29) is 49.1 Å². The average molecular weight is 680 g/mol. The van der Waals surface area contributed by atoms with Gasteiger partial charge in [-0.25, -0.2) is 0 Å². The number of hydrogen-bond acceptors (Lipinski definition) is 7. The SMILES string of the molecule is CCN1/C(=C/C=C/C2=[N+](CCCCCC(=O)NCCC(CO)CO[P+](=O)OCCO)c3ccccc3C2(C)C)C(C)(C)c2ccccc21. The number of anilines is 1. The van der Waals surface area contributed by atoms with Crippen molar-refractivity contribution in [1.29, 1.82) is 0 Å². The lowest BCUT2D eigenvalue weighted by Gasteiger charge is -2.25. The maximum Gasteiger partial charge on any atom is 0.697 e. The van der Waals surface area contributed by atoms with Gasteiger partial charge in [0.25, 0.3) is 0 Å². The molecule has 2 aromatic rings. The van der Waals surface area contributed by atoms with Crippen LogP contribution in [0.4, 0.5) is 11.4 Å². The molecule has 2 aromatic carbocycles. The van der Waals surface area contributed by atoms with Crippen LogP contribution in [0.1, 0.15) is 77.8 Å². The molecule has 0 fully saturated rings. The Morgan fingerprint density at radius 1 is 1.00 bits per heavy atom. The summed E-state index contributed by atoms with van der Waals surface area (Å²) in [7, 11) is -2.33. The van der Waals surface area contributed by atoms with Gasteiger partial charge in [0.15, 0.2) is 5.71 Å². The second-order valence-electron chi connectivity index (χ2n) is 13.6. The summed E-state index contributed by atoms with van der Waals surface area (Å²) >= 11 is 0. The number of benzene rings is 2. The van der Waals surface area contributed by atoms with Gasteiger partial charge < -0.3 is 20.4 Å². The van der Waals surface area contributed by atoms with Gasteiger partial charge in [-0.1, -0.05) is 56.3 Å². The number of fused-ring (bicyclic) bond motifs is 2. The number of unbranched alkanes of at least 4 members (excludes halogenated alkanes) is 2. The minimum absolute atomic E-state index is 0.0149. The number of amides is 1. The van der Waals surface area contributed by atoms with Crippen LogP contribution in [0.25, 0.3) is 0 Å². The molecular weight excluding hydrogens is 625 g/mol. The molecule has 3 N–H and O–H groups in total. The Bertz CT molecular complexity index is 1520. The van der Waals surface area contributed by atoms with Gasteiger partial charge in [0.2, 0.25) is 11.6 Å². The Morgan fingerprint density at radius 3 is 2.46 bits per heavy atom. The van der Waals surface area contributed by atoms with E-state index in [1.165, 1.54) is 33.9 Å². The van der Waals surface area contributed by atoms with Crippen LogP contribution in [0, 0.1) is 5.92 Å². The minimum Gasteiger partial charge on any atom is -0.396 e. The molecule has 260 valence electrons. The van der Waals surface area contributed by atoms with Crippen molar-refractivity contribution < 1.29 is 33.2 Å². The minimum atomic E-state index is -2.33. The first-order chi connectivity index (χ1) is 23.1. The summed E-state index contributed by atoms with van der Waals surface area (Å²) in [5, 5.41) is 21.2. The second-order valence-corrected chi connectivity index (χ2v) is 14.5. The van der Waals surface area contributed by atoms with Crippen molar-refractivity contribution >= 4 is 31.2 Å². The lowest BCUT2D eigenvalue weighted by atomic mass is 9.81. The van der Waals surface area contributed by atoms with E-state index >= 15 is 0 Å². The molecule has 0 saturated carbocycles. The maximum atomic E-state index is 12.5. The molecule has 9 nitrogen and oxygen atoms in total. The highest BCUT2D eigenvalue weighted by Gasteiger charge is 2.44. The highest BCUT2D eigenvalue weighted by molar-refractivity contribution is 7.33. The Labute approximate surface area is 287 Å². The predicted octanol–water partition coefficient (Wildman–Crippen LogP) is 6.68. The topological polar surface area (TPSA) is 111 Å². The van der Waals surface area contributed by atoms with Gasteiger partial charge in [0, 0.05) is 77.5 Å². The van der Waals surface area contributed by atoms with Crippen LogP contribution in [-0.2, 0) is 29.2 Å². The highest BCUT2D eigenvalue weighted by Crippen LogP contribution is 2.47. The number of nitrogens with zero attached hydrogens (tertiary/aromatic N) is 2. The number of carbonyl (C=O) groups excluding carboxylic acids is 1. The van der Waals surface area contributed by atoms with Gasteiger partial charge in [-0.2, -0.15) is 4.58 Å². The molecular formula is C38H54N3O6P+2. The molecule has 10 heteroatoms. The number of aliphatic hydroxyl groups is 2. The van der Waals surface area contributed by atoms with E-state index in [1.807, 2.05) is 0 Å². The normalized spacial score (nSPS) is 18.0. The molecule has 0 saturated heterocycles. The number of para-hydroxylation sites is 2. The lowest BCUT2D eigenvalue weighted by Crippen LogP contribution is -2.28. The third-order valence-electron chi connectivity index (χ3n) is 9.55. The number of likely N-dealkylation sites (N-methyl/N-ethyl adjacent to an activating group) is 1. The van der Waals surface area contributed by atoms with Gasteiger partial charge in [0.05, 0.1) is 12.0 Å². The van der Waals surface area contributed by atoms with E-state index < -0.39 is 8.25 Å². The Hall–Kier alpha value is -3.20. The second kappa shape index (κ2) is 17.5. The Balaban J connectivity index is 1.33. The van der Waals surface area contributed by atoms with Crippen LogP contribution in [-0.4, -0.2) is 72.5 Å². The highest BCUT2D eigenvalue weighted by atomic mass is 31.1. The van der Waals surface area contributed by atoms with E-state index in [0.717, 1.165) is 32.4 Å². The van der Waals surface area contributed by atoms with Gasteiger partial charge in [0.1, 0.15) is 19.8 Å². The van der Waals surface area contributed by atoms with Crippen LogP contribution in [0.5, 0.6) is 0 Å². The summed E-state index contributed by atoms with van der Waals surface area (Å²) in [4.78, 5) is 14.9. The first-order valence-corrected chi connectivity index (χ1v) is 18.4. The van der Waals surface area contributed by atoms with Crippen LogP contribution in [0.15, 0.2) is 72.5 Å². The molecule has 2 aliphatic rings. The van der Waals surface area contributed by atoms with Crippen molar-refractivity contribution in [3.05, 3.63) is 83.6 Å². The monoisotopic (exact) mass is 679 g/mol. The summed E-state index contributed by atoms with van der Waals surface area (Å²) in [5.41, 5.74) is 7.62. The van der Waals surface area contributed by atoms with Crippen LogP contribution < -0.4 is 10.2 Å². The average Bonchev–Trinajstić information content (AvgIpc) is 3.43. The molecule has 0 bridgehead atoms. The molecule has 4 rings (SSSR count). The van der Waals surface area contributed by atoms with Crippen molar-refractivity contribution in [3.8, 4) is 0 Å². The number of rotatable bonds is 19. The van der Waals surface area contributed by atoms with Crippen LogP contribution in [0.2, 0.25) is 0 Å². The van der Waals surface area contributed by atoms with E-state index in [0.29, 0.717) is 19.4 Å². The van der Waals surface area contributed by atoms with Crippen molar-refractivity contribution in [2.24, 2.45) is 5.92 Å². The van der Waals surface area contributed by atoms with Crippen LogP contribution in [0.3, 0.4) is 0 Å². The Morgan fingerprint density at radius 2 is 1.73 bits per heavy atom. The summed E-state index contributed by atoms with van der Waals surface area (Å²) in [6, 6.07) is 17.4. The zero-order chi connectivity index (χ0) is 34.7. The largest absolute Gasteiger partial charge is 0.697 e. The zero-order valence-electron chi connectivity index (χ0n) is 29.3. The molecule has 2 unspecified atom stereocenters. The van der Waals surface area contributed by atoms with Crippen molar-refractivity contribution in [1.82, 2.24) is 5.32 Å². The molecule has 0 aliphatic carbocycles. The smallest absolute Gasteiger partial charge is 0.396 e. The molecule has 0 spiro atoms. The standard InChI is InChI=1S/C38H53N3O6P/c1-6-40-32-17-11-9-15-30(32)37(2,3)34(40)19-14-20-35-38(4,5)31-16-10-12-18-33(31)41(35)24-13-7-8-21-36(44)39-23-22-29(27-43)28-47-48(45)46-26-25-42/h9-12,14-20,29,42-43H,6-8,13,21-28H2,1-5H3/q+1/p+1. The lowest BCUT2D eigenvalue weighted by molar-refractivity contribution is -0.438. The zero-order valence-corrected chi connectivity index (χ0v) is 30.2. The number of hydrogen-bond donors (Lipinski definition) is 3. The molecule has 2 aliphatic heterocycles. The summed E-state index contributed by atoms with van der Waals surface area (Å²) in [6.07, 6.45) is 10.4. The molecule has 2 atom stereocenters. The first kappa shape index (κ1) is 37.6. The van der Waals surface area contributed by atoms with Gasteiger partial charge in [-0.3, -0.25) is 4.79 Å². The third-order valence-corrected chi connectivity index (χ3v) is 10.3. The fourth-order valence-corrected chi connectivity index (χ4v) is 7.51. The third kappa shape index (κ3) is 8.87. The summed E-state index contributed by atoms with van der Waals surface area (Å²) in [6.45, 7) is 13.2. The predicted molar refractivity (Wildman–Crippen MR) is 192 cm³/mol. The first-order valence-electron chi connectivity index (χ1n) is 17.3. The van der Waals surface area contributed by atoms with E-state index in [2.05, 4.69) is 116 Å². The molecule has 1 amide bonds. The van der Waals surface area contributed by atoms with Crippen molar-refractivity contribution in [2.75, 3.05) is 51.0 Å². The van der Waals surface area contributed by atoms with Crippen molar-refractivity contribution in [2.45, 2.75) is 77.6 Å². The number of nitrogens with one attached hydrogen (secondary N) is 1. The molecule has 2 heterocycles. The van der Waals surface area contributed by atoms with E-state index in [4.69, 9.17) is 14.2 Å². The molecule has 48 heavy (non-hydrogen) atoms. The summed E-state index contributed by atoms with van der Waals surface area (Å²) in [5.74, 6) is -0.282.